The van der Waals surface area contributed by atoms with Crippen LogP contribution in [-0.2, 0) is 11.3 Å². The summed E-state index contributed by atoms with van der Waals surface area (Å²) in [6.07, 6.45) is 3.11. The molecule has 0 unspecified atom stereocenters. The number of ether oxygens (including phenoxy) is 1. The maximum absolute atomic E-state index is 11.6. The van der Waals surface area contributed by atoms with Crippen molar-refractivity contribution in [3.63, 3.8) is 0 Å². The van der Waals surface area contributed by atoms with E-state index >= 15 is 0 Å². The van der Waals surface area contributed by atoms with Crippen molar-refractivity contribution in [3.05, 3.63) is 66.0 Å². The Hall–Kier alpha value is -1.16. The number of rotatable bonds is 3. The predicted molar refractivity (Wildman–Crippen MR) is 65.6 cm³/mol. The number of hydrogen-bond acceptors (Lipinski definition) is 3. The van der Waals surface area contributed by atoms with E-state index in [1.54, 1.807) is 18.3 Å². The summed E-state index contributed by atoms with van der Waals surface area (Å²) in [5.41, 5.74) is 1.44. The Kier molecular flexibility index (Phi) is 5.91. The Morgan fingerprint density at radius 2 is 1.88 bits per heavy atom. The molecule has 4 heteroatoms. The van der Waals surface area contributed by atoms with Crippen LogP contribution >= 0.6 is 0 Å². The third-order valence-electron chi connectivity index (χ3n) is 2.11. The smallest absolute Gasteiger partial charge is 0.340 e. The van der Waals surface area contributed by atoms with E-state index < -0.39 is 0 Å². The first-order valence-electron chi connectivity index (χ1n) is 4.97. The van der Waals surface area contributed by atoms with Crippen LogP contribution in [0.25, 0.3) is 0 Å². The molecule has 0 saturated carbocycles. The minimum atomic E-state index is -0.350. The number of nitrogens with zero attached hydrogens (tertiary/aromatic N) is 1. The van der Waals surface area contributed by atoms with Crippen molar-refractivity contribution in [2.45, 2.75) is 6.61 Å². The van der Waals surface area contributed by atoms with E-state index in [9.17, 15) is 4.79 Å². The van der Waals surface area contributed by atoms with E-state index in [-0.39, 0.29) is 42.1 Å². The van der Waals surface area contributed by atoms with Crippen LogP contribution in [0, 0.1) is 0 Å². The average molecular weight is 236 g/mol. The molecule has 1 aromatic carbocycles. The van der Waals surface area contributed by atoms with E-state index in [1.165, 1.54) is 6.20 Å². The van der Waals surface area contributed by atoms with Crippen LogP contribution in [0.2, 0.25) is 0 Å². The monoisotopic (exact) mass is 236 g/mol. The molecule has 0 amide bonds. The molecule has 0 fully saturated rings. The van der Waals surface area contributed by atoms with Gasteiger partial charge < -0.3 is 4.74 Å². The van der Waals surface area contributed by atoms with Crippen LogP contribution in [0.15, 0.2) is 54.9 Å². The normalized spacial score (nSPS) is 9.18. The summed E-state index contributed by atoms with van der Waals surface area (Å²) in [5, 5.41) is 0. The number of esters is 1. The second-order valence-electron chi connectivity index (χ2n) is 3.30. The molecular formula is C13H11NNaO2. The van der Waals surface area contributed by atoms with E-state index in [0.29, 0.717) is 5.56 Å². The van der Waals surface area contributed by atoms with Gasteiger partial charge in [-0.25, -0.2) is 4.79 Å². The van der Waals surface area contributed by atoms with Gasteiger partial charge in [0.2, 0.25) is 0 Å². The summed E-state index contributed by atoms with van der Waals surface area (Å²) >= 11 is 0. The molecule has 0 N–H and O–H groups in total. The number of carbonyl (C=O) groups is 1. The number of carbonyl (C=O) groups excluding carboxylic acids is 1. The van der Waals surface area contributed by atoms with Crippen LogP contribution in [-0.4, -0.2) is 40.5 Å². The Morgan fingerprint density at radius 3 is 2.53 bits per heavy atom. The van der Waals surface area contributed by atoms with Crippen molar-refractivity contribution in [1.82, 2.24) is 4.98 Å². The summed E-state index contributed by atoms with van der Waals surface area (Å²) in [7, 11) is 0. The summed E-state index contributed by atoms with van der Waals surface area (Å²) in [6, 6.07) is 13.0. The predicted octanol–water partition coefficient (Wildman–Crippen LogP) is 2.06. The number of pyridine rings is 1. The fourth-order valence-corrected chi connectivity index (χ4v) is 1.29. The Balaban J connectivity index is 0.00000144. The minimum Gasteiger partial charge on any atom is -0.457 e. The third kappa shape index (κ3) is 4.30. The summed E-state index contributed by atoms with van der Waals surface area (Å²) in [6.45, 7) is 0.286. The Bertz CT molecular complexity index is 459. The van der Waals surface area contributed by atoms with Crippen LogP contribution in [0.4, 0.5) is 0 Å². The van der Waals surface area contributed by atoms with Crippen LogP contribution < -0.4 is 0 Å². The van der Waals surface area contributed by atoms with Gasteiger partial charge in [0, 0.05) is 42.0 Å². The first-order valence-corrected chi connectivity index (χ1v) is 4.97. The molecule has 17 heavy (non-hydrogen) atoms. The summed E-state index contributed by atoms with van der Waals surface area (Å²) in [4.78, 5) is 15.4. The topological polar surface area (TPSA) is 39.2 Å². The first kappa shape index (κ1) is 13.9. The molecule has 1 radical (unpaired) electrons. The number of hydrogen-bond donors (Lipinski definition) is 0. The Morgan fingerprint density at radius 1 is 1.12 bits per heavy atom. The fraction of sp³-hybridized carbons (Fsp3) is 0.0769. The van der Waals surface area contributed by atoms with Gasteiger partial charge in [-0.3, -0.25) is 4.98 Å². The molecule has 1 aromatic heterocycles. The van der Waals surface area contributed by atoms with Crippen LogP contribution in [0.5, 0.6) is 0 Å². The van der Waals surface area contributed by atoms with E-state index in [4.69, 9.17) is 4.74 Å². The number of benzene rings is 1. The quantitative estimate of drug-likeness (QED) is 0.605. The van der Waals surface area contributed by atoms with Crippen molar-refractivity contribution in [2.75, 3.05) is 0 Å². The van der Waals surface area contributed by atoms with Crippen molar-refractivity contribution in [2.24, 2.45) is 0 Å². The standard InChI is InChI=1S/C13H11NO2.Na/c15-13(12-7-4-8-14-9-12)16-10-11-5-2-1-3-6-11;/h1-9H,10H2;. The molecule has 0 aliphatic carbocycles. The third-order valence-corrected chi connectivity index (χ3v) is 2.11. The molecule has 0 atom stereocenters. The molecule has 0 saturated heterocycles. The maximum atomic E-state index is 11.6. The zero-order chi connectivity index (χ0) is 11.2. The SMILES string of the molecule is O=C(OCc1ccccc1)c1cccnc1.[Na]. The molecule has 2 rings (SSSR count). The number of aromatic nitrogens is 1. The van der Waals surface area contributed by atoms with Crippen LogP contribution in [0.3, 0.4) is 0 Å². The van der Waals surface area contributed by atoms with Gasteiger partial charge in [-0.1, -0.05) is 30.3 Å². The molecule has 0 aliphatic heterocycles. The molecule has 2 aromatic rings. The van der Waals surface area contributed by atoms with Gasteiger partial charge in [-0.2, -0.15) is 0 Å². The van der Waals surface area contributed by atoms with Gasteiger partial charge in [0.25, 0.3) is 0 Å². The maximum Gasteiger partial charge on any atom is 0.340 e. The van der Waals surface area contributed by atoms with Crippen molar-refractivity contribution >= 4 is 35.5 Å². The Labute approximate surface area is 122 Å². The van der Waals surface area contributed by atoms with Gasteiger partial charge in [0.1, 0.15) is 6.61 Å². The largest absolute Gasteiger partial charge is 0.457 e. The van der Waals surface area contributed by atoms with Gasteiger partial charge in [-0.05, 0) is 17.7 Å². The second-order valence-corrected chi connectivity index (χ2v) is 3.30. The molecule has 0 aliphatic rings. The molecule has 1 heterocycles. The molecule has 0 bridgehead atoms. The first-order chi connectivity index (χ1) is 7.86. The summed E-state index contributed by atoms with van der Waals surface area (Å²) in [5.74, 6) is -0.350. The second kappa shape index (κ2) is 7.22. The van der Waals surface area contributed by atoms with Crippen LogP contribution in [0.1, 0.15) is 15.9 Å². The molecule has 3 nitrogen and oxygen atoms in total. The molecular weight excluding hydrogens is 225 g/mol. The summed E-state index contributed by atoms with van der Waals surface area (Å²) < 4.78 is 5.14. The van der Waals surface area contributed by atoms with E-state index in [0.717, 1.165) is 5.56 Å². The zero-order valence-corrected chi connectivity index (χ0v) is 11.7. The van der Waals surface area contributed by atoms with Gasteiger partial charge >= 0.3 is 5.97 Å². The molecule has 0 spiro atoms. The molecule has 81 valence electrons. The average Bonchev–Trinajstić information content (AvgIpc) is 2.38. The van der Waals surface area contributed by atoms with Gasteiger partial charge in [0.15, 0.2) is 0 Å². The fourth-order valence-electron chi connectivity index (χ4n) is 1.29. The van der Waals surface area contributed by atoms with Gasteiger partial charge in [0.05, 0.1) is 5.56 Å². The zero-order valence-electron chi connectivity index (χ0n) is 9.67. The minimum absolute atomic E-state index is 0. The van der Waals surface area contributed by atoms with E-state index in [2.05, 4.69) is 4.98 Å². The van der Waals surface area contributed by atoms with Crippen molar-refractivity contribution < 1.29 is 9.53 Å². The van der Waals surface area contributed by atoms with Crippen molar-refractivity contribution in [1.29, 1.82) is 0 Å². The van der Waals surface area contributed by atoms with Crippen molar-refractivity contribution in [3.8, 4) is 0 Å². The van der Waals surface area contributed by atoms with E-state index in [1.807, 2.05) is 30.3 Å². The van der Waals surface area contributed by atoms with Gasteiger partial charge in [-0.15, -0.1) is 0 Å².